The fraction of sp³-hybridized carbons (Fsp3) is 0.208. The molecule has 4 rings (SSSR count). The fourth-order valence-corrected chi connectivity index (χ4v) is 3.78. The molecule has 0 aliphatic heterocycles. The predicted octanol–water partition coefficient (Wildman–Crippen LogP) is 3.98. The SMILES string of the molecule is CCC[C@H](C(=O)O)[C@H](/C=C/c1ccc(-c2ccc3ccnc(C#N)c3c2)nc1)c1nn[nH]n1. The number of aromatic nitrogens is 6. The van der Waals surface area contributed by atoms with Crippen LogP contribution in [-0.4, -0.2) is 41.7 Å². The molecular weight excluding hydrogens is 418 g/mol. The van der Waals surface area contributed by atoms with E-state index in [1.54, 1.807) is 18.5 Å². The number of nitrogens with one attached hydrogen (secondary N) is 1. The van der Waals surface area contributed by atoms with Gasteiger partial charge in [-0.3, -0.25) is 9.78 Å². The maximum absolute atomic E-state index is 11.8. The number of aromatic amines is 1. The highest BCUT2D eigenvalue weighted by atomic mass is 16.4. The molecule has 0 spiro atoms. The van der Waals surface area contributed by atoms with E-state index in [1.807, 2.05) is 49.4 Å². The standard InChI is InChI=1S/C24H21N7O2/c1-2-3-19(24(32)33)18(23-28-30-31-29-23)8-4-15-5-9-21(27-14-15)17-7-6-16-10-11-26-22(13-25)20(16)12-17/h4-12,14,18-19H,2-3H2,1H3,(H,32,33)(H,28,29,30,31)/b8-4+/t18-,19-/m0/s1. The van der Waals surface area contributed by atoms with Gasteiger partial charge in [0.2, 0.25) is 0 Å². The molecule has 0 unspecified atom stereocenters. The monoisotopic (exact) mass is 439 g/mol. The second kappa shape index (κ2) is 9.78. The van der Waals surface area contributed by atoms with Crippen molar-refractivity contribution in [3.05, 3.63) is 71.9 Å². The van der Waals surface area contributed by atoms with Crippen molar-refractivity contribution in [3.8, 4) is 17.3 Å². The summed E-state index contributed by atoms with van der Waals surface area (Å²) in [5.41, 5.74) is 2.82. The topological polar surface area (TPSA) is 141 Å². The summed E-state index contributed by atoms with van der Waals surface area (Å²) in [4.78, 5) is 20.5. The molecule has 0 amide bonds. The van der Waals surface area contributed by atoms with Gasteiger partial charge in [0.15, 0.2) is 5.82 Å². The van der Waals surface area contributed by atoms with Gasteiger partial charge in [-0.15, -0.1) is 10.2 Å². The number of hydrogen-bond donors (Lipinski definition) is 2. The van der Waals surface area contributed by atoms with Crippen LogP contribution in [0.3, 0.4) is 0 Å². The van der Waals surface area contributed by atoms with Crippen LogP contribution in [-0.2, 0) is 4.79 Å². The van der Waals surface area contributed by atoms with Crippen molar-refractivity contribution in [3.63, 3.8) is 0 Å². The first kappa shape index (κ1) is 21.8. The number of pyridine rings is 2. The minimum atomic E-state index is -0.896. The molecule has 0 saturated carbocycles. The minimum Gasteiger partial charge on any atom is -0.481 e. The number of carboxylic acid groups (broad SMARTS) is 1. The highest BCUT2D eigenvalue weighted by molar-refractivity contribution is 5.90. The van der Waals surface area contributed by atoms with E-state index < -0.39 is 17.8 Å². The van der Waals surface area contributed by atoms with Crippen LogP contribution in [0.5, 0.6) is 0 Å². The lowest BCUT2D eigenvalue weighted by atomic mass is 9.87. The number of nitriles is 1. The van der Waals surface area contributed by atoms with Gasteiger partial charge in [0.25, 0.3) is 0 Å². The third-order valence-corrected chi connectivity index (χ3v) is 5.46. The van der Waals surface area contributed by atoms with E-state index in [0.717, 1.165) is 34.0 Å². The lowest BCUT2D eigenvalue weighted by Crippen LogP contribution is -2.22. The number of H-pyrrole nitrogens is 1. The summed E-state index contributed by atoms with van der Waals surface area (Å²) >= 11 is 0. The Morgan fingerprint density at radius 3 is 2.79 bits per heavy atom. The molecule has 164 valence electrons. The van der Waals surface area contributed by atoms with Crippen LogP contribution >= 0.6 is 0 Å². The molecule has 2 N–H and O–H groups in total. The smallest absolute Gasteiger partial charge is 0.307 e. The third kappa shape index (κ3) is 4.75. The van der Waals surface area contributed by atoms with Crippen LogP contribution in [0.25, 0.3) is 28.1 Å². The van der Waals surface area contributed by atoms with Gasteiger partial charge >= 0.3 is 5.97 Å². The zero-order chi connectivity index (χ0) is 23.2. The van der Waals surface area contributed by atoms with E-state index in [1.165, 1.54) is 0 Å². The normalized spacial score (nSPS) is 13.1. The first-order valence-electron chi connectivity index (χ1n) is 10.5. The molecule has 0 fully saturated rings. The van der Waals surface area contributed by atoms with Crippen LogP contribution < -0.4 is 0 Å². The number of rotatable bonds is 8. The van der Waals surface area contributed by atoms with E-state index in [0.29, 0.717) is 17.9 Å². The number of carbonyl (C=O) groups is 1. The number of fused-ring (bicyclic) bond motifs is 1. The van der Waals surface area contributed by atoms with Crippen molar-refractivity contribution in [2.45, 2.75) is 25.7 Å². The number of benzene rings is 1. The molecule has 3 heterocycles. The Morgan fingerprint density at radius 1 is 1.24 bits per heavy atom. The molecule has 9 heteroatoms. The summed E-state index contributed by atoms with van der Waals surface area (Å²) in [5, 5.41) is 34.7. The van der Waals surface area contributed by atoms with Gasteiger partial charge in [-0.2, -0.15) is 10.5 Å². The highest BCUT2D eigenvalue weighted by Gasteiger charge is 2.29. The number of nitrogens with zero attached hydrogens (tertiary/aromatic N) is 6. The van der Waals surface area contributed by atoms with Crippen LogP contribution in [0.4, 0.5) is 0 Å². The van der Waals surface area contributed by atoms with E-state index in [4.69, 9.17) is 0 Å². The lowest BCUT2D eigenvalue weighted by Gasteiger charge is -2.17. The Balaban J connectivity index is 1.60. The molecule has 0 aliphatic rings. The molecule has 2 atom stereocenters. The highest BCUT2D eigenvalue weighted by Crippen LogP contribution is 2.29. The van der Waals surface area contributed by atoms with Gasteiger partial charge in [0.05, 0.1) is 17.5 Å². The third-order valence-electron chi connectivity index (χ3n) is 5.46. The first-order chi connectivity index (χ1) is 16.1. The van der Waals surface area contributed by atoms with Crippen LogP contribution in [0.1, 0.15) is 42.8 Å². The summed E-state index contributed by atoms with van der Waals surface area (Å²) in [6.45, 7) is 1.94. The van der Waals surface area contributed by atoms with Crippen LogP contribution in [0.15, 0.2) is 54.9 Å². The number of aliphatic carboxylic acids is 1. The lowest BCUT2D eigenvalue weighted by molar-refractivity contribution is -0.142. The second-order valence-electron chi connectivity index (χ2n) is 7.57. The maximum Gasteiger partial charge on any atom is 0.307 e. The predicted molar refractivity (Wildman–Crippen MR) is 122 cm³/mol. The molecule has 3 aromatic heterocycles. The van der Waals surface area contributed by atoms with Crippen molar-refractivity contribution in [1.29, 1.82) is 5.26 Å². The van der Waals surface area contributed by atoms with Crippen LogP contribution in [0, 0.1) is 17.2 Å². The summed E-state index contributed by atoms with van der Waals surface area (Å²) in [7, 11) is 0. The molecular formula is C24H21N7O2. The Labute approximate surface area is 189 Å². The molecule has 0 bridgehead atoms. The van der Waals surface area contributed by atoms with Crippen molar-refractivity contribution >= 4 is 22.8 Å². The zero-order valence-corrected chi connectivity index (χ0v) is 17.9. The van der Waals surface area contributed by atoms with E-state index in [2.05, 4.69) is 36.7 Å². The van der Waals surface area contributed by atoms with Crippen molar-refractivity contribution in [2.75, 3.05) is 0 Å². The van der Waals surface area contributed by atoms with Gasteiger partial charge < -0.3 is 5.11 Å². The fourth-order valence-electron chi connectivity index (χ4n) is 3.78. The van der Waals surface area contributed by atoms with Crippen LogP contribution in [0.2, 0.25) is 0 Å². The molecule has 0 saturated heterocycles. The number of tetrazole rings is 1. The summed E-state index contributed by atoms with van der Waals surface area (Å²) < 4.78 is 0. The summed E-state index contributed by atoms with van der Waals surface area (Å²) in [5.74, 6) is -1.73. The summed E-state index contributed by atoms with van der Waals surface area (Å²) in [6, 6.07) is 13.6. The van der Waals surface area contributed by atoms with Crippen molar-refractivity contribution in [2.24, 2.45) is 5.92 Å². The summed E-state index contributed by atoms with van der Waals surface area (Å²) in [6.07, 6.45) is 8.17. The Morgan fingerprint density at radius 2 is 2.12 bits per heavy atom. The number of carboxylic acids is 1. The van der Waals surface area contributed by atoms with Gasteiger partial charge in [0.1, 0.15) is 11.8 Å². The van der Waals surface area contributed by atoms with Gasteiger partial charge in [-0.1, -0.05) is 48.9 Å². The largest absolute Gasteiger partial charge is 0.481 e. The average molecular weight is 439 g/mol. The molecule has 9 nitrogen and oxygen atoms in total. The Kier molecular flexibility index (Phi) is 6.45. The molecule has 4 aromatic rings. The number of hydrogen-bond acceptors (Lipinski definition) is 7. The van der Waals surface area contributed by atoms with Gasteiger partial charge in [0, 0.05) is 23.3 Å². The first-order valence-corrected chi connectivity index (χ1v) is 10.5. The Hall–Kier alpha value is -4.45. The van der Waals surface area contributed by atoms with E-state index in [-0.39, 0.29) is 0 Å². The maximum atomic E-state index is 11.8. The quantitative estimate of drug-likeness (QED) is 0.420. The molecule has 0 aliphatic carbocycles. The van der Waals surface area contributed by atoms with Crippen molar-refractivity contribution in [1.82, 2.24) is 30.6 Å². The average Bonchev–Trinajstić information content (AvgIpc) is 3.38. The Bertz CT molecular complexity index is 1330. The van der Waals surface area contributed by atoms with Crippen molar-refractivity contribution < 1.29 is 9.90 Å². The van der Waals surface area contributed by atoms with Gasteiger partial charge in [-0.25, -0.2) is 4.98 Å². The second-order valence-corrected chi connectivity index (χ2v) is 7.57. The van der Waals surface area contributed by atoms with Gasteiger partial charge in [-0.05, 0) is 35.6 Å². The molecule has 0 radical (unpaired) electrons. The molecule has 33 heavy (non-hydrogen) atoms. The molecule has 1 aromatic carbocycles. The minimum absolute atomic E-state index is 0.342. The van der Waals surface area contributed by atoms with E-state index >= 15 is 0 Å². The zero-order valence-electron chi connectivity index (χ0n) is 17.9. The number of allylic oxidation sites excluding steroid dienone is 1. The van der Waals surface area contributed by atoms with E-state index in [9.17, 15) is 15.2 Å².